The number of halogens is 3. The van der Waals surface area contributed by atoms with Gasteiger partial charge >= 0.3 is 6.18 Å². The minimum absolute atomic E-state index is 0.00495. The molecule has 0 aliphatic carbocycles. The monoisotopic (exact) mass is 591 g/mol. The molecule has 9 heteroatoms. The van der Waals surface area contributed by atoms with E-state index >= 15 is 0 Å². The summed E-state index contributed by atoms with van der Waals surface area (Å²) in [5, 5.41) is 0. The number of rotatable bonds is 11. The van der Waals surface area contributed by atoms with Gasteiger partial charge in [-0.25, -0.2) is 0 Å². The SMILES string of the molecule is COc1cc(CC2=NCCc3c2cc(OCc2ccccc2)c(OCc2ccccc2)c3C(F)(F)F)cc(OC)c1OC. The van der Waals surface area contributed by atoms with E-state index in [0.29, 0.717) is 28.5 Å². The Morgan fingerprint density at radius 2 is 1.26 bits per heavy atom. The molecule has 1 aliphatic heterocycles. The summed E-state index contributed by atoms with van der Waals surface area (Å²) in [4.78, 5) is 4.67. The van der Waals surface area contributed by atoms with Gasteiger partial charge in [0.25, 0.3) is 0 Å². The Balaban J connectivity index is 1.60. The van der Waals surface area contributed by atoms with E-state index in [1.165, 1.54) is 21.3 Å². The minimum Gasteiger partial charge on any atom is -0.493 e. The summed E-state index contributed by atoms with van der Waals surface area (Å²) in [6, 6.07) is 23.5. The maximum Gasteiger partial charge on any atom is 0.420 e. The number of methoxy groups -OCH3 is 3. The summed E-state index contributed by atoms with van der Waals surface area (Å²) >= 11 is 0. The Bertz CT molecular complexity index is 1560. The molecule has 1 aliphatic rings. The normalized spacial score (nSPS) is 12.7. The largest absolute Gasteiger partial charge is 0.493 e. The second-order valence-corrected chi connectivity index (χ2v) is 9.94. The van der Waals surface area contributed by atoms with Crippen molar-refractivity contribution in [1.82, 2.24) is 0 Å². The molecule has 43 heavy (non-hydrogen) atoms. The highest BCUT2D eigenvalue weighted by atomic mass is 19.4. The van der Waals surface area contributed by atoms with Crippen molar-refractivity contribution in [2.24, 2.45) is 4.99 Å². The van der Waals surface area contributed by atoms with E-state index in [9.17, 15) is 13.2 Å². The zero-order valence-electron chi connectivity index (χ0n) is 24.2. The van der Waals surface area contributed by atoms with Crippen LogP contribution in [0.2, 0.25) is 0 Å². The first-order valence-electron chi connectivity index (χ1n) is 13.8. The van der Waals surface area contributed by atoms with Crippen molar-refractivity contribution >= 4 is 5.71 Å². The summed E-state index contributed by atoms with van der Waals surface area (Å²) in [6.45, 7) is 0.229. The smallest absolute Gasteiger partial charge is 0.420 e. The maximum atomic E-state index is 14.9. The van der Waals surface area contributed by atoms with Gasteiger partial charge in [-0.15, -0.1) is 0 Å². The lowest BCUT2D eigenvalue weighted by Crippen LogP contribution is -2.22. The Morgan fingerprint density at radius 3 is 1.79 bits per heavy atom. The highest BCUT2D eigenvalue weighted by molar-refractivity contribution is 6.05. The van der Waals surface area contributed by atoms with Crippen LogP contribution in [0.15, 0.2) is 83.9 Å². The first-order valence-corrected chi connectivity index (χ1v) is 13.8. The molecular formula is C34H32F3NO5. The summed E-state index contributed by atoms with van der Waals surface area (Å²) in [5.41, 5.74) is 2.48. The first kappa shape index (κ1) is 29.8. The minimum atomic E-state index is -4.70. The molecule has 4 aromatic rings. The Labute approximate surface area is 248 Å². The second kappa shape index (κ2) is 13.1. The second-order valence-electron chi connectivity index (χ2n) is 9.94. The number of nitrogens with zero attached hydrogens (tertiary/aromatic N) is 1. The van der Waals surface area contributed by atoms with Gasteiger partial charge in [0.2, 0.25) is 5.75 Å². The first-order chi connectivity index (χ1) is 20.8. The van der Waals surface area contributed by atoms with Crippen LogP contribution in [-0.4, -0.2) is 33.6 Å². The highest BCUT2D eigenvalue weighted by Crippen LogP contribution is 2.47. The van der Waals surface area contributed by atoms with Crippen molar-refractivity contribution in [1.29, 1.82) is 0 Å². The summed E-state index contributed by atoms with van der Waals surface area (Å²) in [5.74, 6) is 1.00. The zero-order valence-corrected chi connectivity index (χ0v) is 24.2. The van der Waals surface area contributed by atoms with Gasteiger partial charge in [-0.05, 0) is 46.9 Å². The lowest BCUT2D eigenvalue weighted by molar-refractivity contribution is -0.139. The third-order valence-corrected chi connectivity index (χ3v) is 7.17. The van der Waals surface area contributed by atoms with E-state index in [1.807, 2.05) is 48.5 Å². The van der Waals surface area contributed by atoms with Gasteiger partial charge in [-0.2, -0.15) is 13.2 Å². The fraction of sp³-hybridized carbons (Fsp3) is 0.265. The van der Waals surface area contributed by atoms with Gasteiger partial charge in [-0.3, -0.25) is 4.99 Å². The molecular weight excluding hydrogens is 559 g/mol. The van der Waals surface area contributed by atoms with Crippen molar-refractivity contribution < 1.29 is 36.9 Å². The average molecular weight is 592 g/mol. The van der Waals surface area contributed by atoms with Gasteiger partial charge in [0.15, 0.2) is 23.0 Å². The number of alkyl halides is 3. The molecule has 0 amide bonds. The number of benzene rings is 4. The van der Waals surface area contributed by atoms with Crippen LogP contribution in [0.1, 0.15) is 33.4 Å². The van der Waals surface area contributed by atoms with Crippen LogP contribution < -0.4 is 23.7 Å². The van der Waals surface area contributed by atoms with E-state index in [1.54, 1.807) is 30.3 Å². The van der Waals surface area contributed by atoms with E-state index in [2.05, 4.69) is 4.99 Å². The quantitative estimate of drug-likeness (QED) is 0.181. The van der Waals surface area contributed by atoms with E-state index in [4.69, 9.17) is 23.7 Å². The summed E-state index contributed by atoms with van der Waals surface area (Å²) < 4.78 is 73.2. The molecule has 1 heterocycles. The molecule has 224 valence electrons. The maximum absolute atomic E-state index is 14.9. The molecule has 0 atom stereocenters. The number of hydrogen-bond donors (Lipinski definition) is 0. The Morgan fingerprint density at radius 1 is 0.674 bits per heavy atom. The average Bonchev–Trinajstić information content (AvgIpc) is 3.02. The third-order valence-electron chi connectivity index (χ3n) is 7.17. The Kier molecular flexibility index (Phi) is 9.09. The van der Waals surface area contributed by atoms with Gasteiger partial charge in [-0.1, -0.05) is 60.7 Å². The van der Waals surface area contributed by atoms with Crippen LogP contribution in [0.25, 0.3) is 0 Å². The molecule has 0 saturated carbocycles. The predicted molar refractivity (Wildman–Crippen MR) is 158 cm³/mol. The molecule has 0 fully saturated rings. The number of aliphatic imine (C=N–C) groups is 1. The van der Waals surface area contributed by atoms with Crippen LogP contribution in [-0.2, 0) is 32.2 Å². The molecule has 0 radical (unpaired) electrons. The van der Waals surface area contributed by atoms with Crippen LogP contribution in [0.5, 0.6) is 28.7 Å². The highest BCUT2D eigenvalue weighted by Gasteiger charge is 2.41. The molecule has 5 rings (SSSR count). The molecule has 0 N–H and O–H groups in total. The molecule has 0 bridgehead atoms. The van der Waals surface area contributed by atoms with Crippen molar-refractivity contribution in [3.05, 3.63) is 112 Å². The van der Waals surface area contributed by atoms with Crippen LogP contribution >= 0.6 is 0 Å². The zero-order chi connectivity index (χ0) is 30.4. The third kappa shape index (κ3) is 6.71. The number of hydrogen-bond acceptors (Lipinski definition) is 6. The topological polar surface area (TPSA) is 58.5 Å². The van der Waals surface area contributed by atoms with Gasteiger partial charge < -0.3 is 23.7 Å². The van der Waals surface area contributed by atoms with E-state index in [0.717, 1.165) is 16.7 Å². The van der Waals surface area contributed by atoms with Crippen LogP contribution in [0.3, 0.4) is 0 Å². The fourth-order valence-corrected chi connectivity index (χ4v) is 5.18. The summed E-state index contributed by atoms with van der Waals surface area (Å²) in [6.07, 6.45) is -4.34. The van der Waals surface area contributed by atoms with Gasteiger partial charge in [0.05, 0.1) is 21.3 Å². The number of ether oxygens (including phenoxy) is 5. The van der Waals surface area contributed by atoms with Crippen LogP contribution in [0, 0.1) is 0 Å². The van der Waals surface area contributed by atoms with Crippen molar-refractivity contribution in [3.8, 4) is 28.7 Å². The molecule has 4 aromatic carbocycles. The molecule has 0 unspecified atom stereocenters. The predicted octanol–water partition coefficient (Wildman–Crippen LogP) is 7.48. The molecule has 6 nitrogen and oxygen atoms in total. The van der Waals surface area contributed by atoms with Gasteiger partial charge in [0, 0.05) is 24.2 Å². The van der Waals surface area contributed by atoms with Crippen molar-refractivity contribution in [2.75, 3.05) is 27.9 Å². The lowest BCUT2D eigenvalue weighted by Gasteiger charge is -2.26. The standard InChI is InChI=1S/C34H32F3NO5/c1-39-28-17-24(18-29(40-2)32(28)41-3)16-27-26-19-30(42-20-22-10-6-4-7-11-22)33(43-21-23-12-8-5-9-13-23)31(34(35,36)37)25(26)14-15-38-27/h4-13,17-19H,14-16,20-21H2,1-3H3. The Hall–Kier alpha value is -4.66. The summed E-state index contributed by atoms with van der Waals surface area (Å²) in [7, 11) is 4.53. The molecule has 0 saturated heterocycles. The van der Waals surface area contributed by atoms with E-state index < -0.39 is 11.7 Å². The lowest BCUT2D eigenvalue weighted by atomic mass is 9.88. The molecule has 0 spiro atoms. The van der Waals surface area contributed by atoms with Crippen molar-refractivity contribution in [3.63, 3.8) is 0 Å². The van der Waals surface area contributed by atoms with Crippen LogP contribution in [0.4, 0.5) is 13.2 Å². The van der Waals surface area contributed by atoms with Gasteiger partial charge in [0.1, 0.15) is 18.8 Å². The molecule has 0 aromatic heterocycles. The fourth-order valence-electron chi connectivity index (χ4n) is 5.18. The number of fused-ring (bicyclic) bond motifs is 1. The van der Waals surface area contributed by atoms with Crippen molar-refractivity contribution in [2.45, 2.75) is 32.2 Å². The van der Waals surface area contributed by atoms with E-state index in [-0.39, 0.29) is 49.7 Å².